The Balaban J connectivity index is 1.92. The van der Waals surface area contributed by atoms with E-state index in [9.17, 15) is 4.79 Å². The van der Waals surface area contributed by atoms with Crippen LogP contribution in [-0.4, -0.2) is 25.5 Å². The van der Waals surface area contributed by atoms with E-state index in [1.54, 1.807) is 0 Å². The normalized spacial score (nSPS) is 27.1. The Bertz CT molecular complexity index is 463. The van der Waals surface area contributed by atoms with Gasteiger partial charge in [0, 0.05) is 18.8 Å². The summed E-state index contributed by atoms with van der Waals surface area (Å²) in [6.45, 7) is 4.72. The van der Waals surface area contributed by atoms with Crippen LogP contribution in [0, 0.1) is 5.41 Å². The van der Waals surface area contributed by atoms with E-state index in [2.05, 4.69) is 30.4 Å². The van der Waals surface area contributed by atoms with Crippen molar-refractivity contribution in [3.63, 3.8) is 0 Å². The van der Waals surface area contributed by atoms with E-state index < -0.39 is 0 Å². The van der Waals surface area contributed by atoms with Gasteiger partial charge in [-0.1, -0.05) is 18.2 Å². The maximum atomic E-state index is 12.8. The van der Waals surface area contributed by atoms with Crippen LogP contribution in [0.15, 0.2) is 24.3 Å². The van der Waals surface area contributed by atoms with Gasteiger partial charge in [-0.25, -0.2) is 0 Å². The third kappa shape index (κ3) is 1.83. The Morgan fingerprint density at radius 2 is 2.22 bits per heavy atom. The van der Waals surface area contributed by atoms with Crippen molar-refractivity contribution in [1.29, 1.82) is 0 Å². The zero-order valence-electron chi connectivity index (χ0n) is 10.9. The quantitative estimate of drug-likeness (QED) is 0.819. The summed E-state index contributed by atoms with van der Waals surface area (Å²) in [5.74, 6) is 0.291. The van der Waals surface area contributed by atoms with Crippen molar-refractivity contribution in [2.24, 2.45) is 5.41 Å². The van der Waals surface area contributed by atoms with Crippen LogP contribution >= 0.6 is 0 Å². The van der Waals surface area contributed by atoms with Crippen molar-refractivity contribution in [2.75, 3.05) is 24.5 Å². The van der Waals surface area contributed by atoms with Gasteiger partial charge in [0.2, 0.25) is 5.91 Å². The number of nitrogens with one attached hydrogen (secondary N) is 1. The molecule has 0 saturated carbocycles. The first kappa shape index (κ1) is 11.7. The van der Waals surface area contributed by atoms with Crippen LogP contribution in [0.4, 0.5) is 5.69 Å². The number of rotatable bonds is 1. The van der Waals surface area contributed by atoms with Gasteiger partial charge in [-0.2, -0.15) is 0 Å². The standard InChI is InChI=1S/C15H20N2O/c1-15(8-9-16-11-15)14(18)17-10-4-6-12-5-2-3-7-13(12)17/h2-3,5,7,16H,4,6,8-11H2,1H3. The molecule has 1 saturated heterocycles. The van der Waals surface area contributed by atoms with E-state index in [1.165, 1.54) is 5.56 Å². The zero-order valence-corrected chi connectivity index (χ0v) is 10.9. The minimum Gasteiger partial charge on any atom is -0.316 e. The van der Waals surface area contributed by atoms with Gasteiger partial charge in [0.25, 0.3) is 0 Å². The number of hydrogen-bond acceptors (Lipinski definition) is 2. The number of fused-ring (bicyclic) bond motifs is 1. The molecule has 96 valence electrons. The molecule has 0 spiro atoms. The van der Waals surface area contributed by atoms with Gasteiger partial charge >= 0.3 is 0 Å². The number of benzene rings is 1. The highest BCUT2D eigenvalue weighted by atomic mass is 16.2. The minimum absolute atomic E-state index is 0.218. The maximum Gasteiger partial charge on any atom is 0.234 e. The van der Waals surface area contributed by atoms with Crippen LogP contribution in [0.3, 0.4) is 0 Å². The topological polar surface area (TPSA) is 32.3 Å². The van der Waals surface area contributed by atoms with Gasteiger partial charge in [0.1, 0.15) is 0 Å². The van der Waals surface area contributed by atoms with Crippen molar-refractivity contribution in [1.82, 2.24) is 5.32 Å². The van der Waals surface area contributed by atoms with E-state index in [0.29, 0.717) is 5.91 Å². The Hall–Kier alpha value is -1.35. The number of carbonyl (C=O) groups is 1. The summed E-state index contributed by atoms with van der Waals surface area (Å²) in [5, 5.41) is 3.31. The first-order valence-corrected chi connectivity index (χ1v) is 6.81. The second kappa shape index (κ2) is 4.39. The maximum absolute atomic E-state index is 12.8. The fourth-order valence-corrected chi connectivity index (χ4v) is 3.07. The van der Waals surface area contributed by atoms with Gasteiger partial charge in [-0.05, 0) is 44.4 Å². The molecule has 2 aliphatic rings. The fraction of sp³-hybridized carbons (Fsp3) is 0.533. The average molecular weight is 244 g/mol. The number of anilines is 1. The molecule has 1 unspecified atom stereocenters. The molecule has 0 aliphatic carbocycles. The van der Waals surface area contributed by atoms with Crippen molar-refractivity contribution in [2.45, 2.75) is 26.2 Å². The molecule has 1 amide bonds. The number of para-hydroxylation sites is 1. The molecule has 0 radical (unpaired) electrons. The van der Waals surface area contributed by atoms with Gasteiger partial charge in [0.15, 0.2) is 0 Å². The van der Waals surface area contributed by atoms with Crippen LogP contribution in [0.1, 0.15) is 25.3 Å². The molecule has 0 aromatic heterocycles. The Kier molecular flexibility index (Phi) is 2.86. The number of amides is 1. The van der Waals surface area contributed by atoms with Gasteiger partial charge in [-0.15, -0.1) is 0 Å². The van der Waals surface area contributed by atoms with Crippen molar-refractivity contribution in [3.8, 4) is 0 Å². The summed E-state index contributed by atoms with van der Waals surface area (Å²) >= 11 is 0. The van der Waals surface area contributed by atoms with Crippen LogP contribution in [0.25, 0.3) is 0 Å². The smallest absolute Gasteiger partial charge is 0.234 e. The van der Waals surface area contributed by atoms with Crippen LogP contribution in [-0.2, 0) is 11.2 Å². The second-order valence-corrected chi connectivity index (χ2v) is 5.68. The SMILES string of the molecule is CC1(C(=O)N2CCCc3ccccc32)CCNC1. The highest BCUT2D eigenvalue weighted by Gasteiger charge is 2.40. The Morgan fingerprint density at radius 1 is 1.39 bits per heavy atom. The summed E-state index contributed by atoms with van der Waals surface area (Å²) in [5.41, 5.74) is 2.22. The van der Waals surface area contributed by atoms with E-state index in [0.717, 1.165) is 44.6 Å². The molecule has 1 aromatic carbocycles. The molecule has 3 heteroatoms. The van der Waals surface area contributed by atoms with Crippen molar-refractivity contribution < 1.29 is 4.79 Å². The molecule has 18 heavy (non-hydrogen) atoms. The minimum atomic E-state index is -0.218. The van der Waals surface area contributed by atoms with E-state index in [4.69, 9.17) is 0 Å². The molecule has 3 nitrogen and oxygen atoms in total. The van der Waals surface area contributed by atoms with Crippen LogP contribution in [0.2, 0.25) is 0 Å². The largest absolute Gasteiger partial charge is 0.316 e. The van der Waals surface area contributed by atoms with Gasteiger partial charge < -0.3 is 10.2 Å². The molecule has 1 atom stereocenters. The summed E-state index contributed by atoms with van der Waals surface area (Å²) in [4.78, 5) is 14.8. The van der Waals surface area contributed by atoms with Crippen molar-refractivity contribution >= 4 is 11.6 Å². The molecular weight excluding hydrogens is 224 g/mol. The second-order valence-electron chi connectivity index (χ2n) is 5.68. The summed E-state index contributed by atoms with van der Waals surface area (Å²) in [6.07, 6.45) is 3.12. The van der Waals surface area contributed by atoms with Crippen LogP contribution in [0.5, 0.6) is 0 Å². The molecule has 2 aliphatic heterocycles. The summed E-state index contributed by atoms with van der Waals surface area (Å²) in [7, 11) is 0. The van der Waals surface area contributed by atoms with Gasteiger partial charge in [-0.3, -0.25) is 4.79 Å². The lowest BCUT2D eigenvalue weighted by atomic mass is 9.86. The average Bonchev–Trinajstić information content (AvgIpc) is 2.85. The first-order valence-electron chi connectivity index (χ1n) is 6.81. The third-order valence-corrected chi connectivity index (χ3v) is 4.24. The fourth-order valence-electron chi connectivity index (χ4n) is 3.07. The van der Waals surface area contributed by atoms with Gasteiger partial charge in [0.05, 0.1) is 5.41 Å². The predicted molar refractivity (Wildman–Crippen MR) is 72.7 cm³/mol. The van der Waals surface area contributed by atoms with E-state index in [1.807, 2.05) is 11.0 Å². The summed E-state index contributed by atoms with van der Waals surface area (Å²) in [6, 6.07) is 8.31. The number of aryl methyl sites for hydroxylation is 1. The number of hydrogen-bond donors (Lipinski definition) is 1. The predicted octanol–water partition coefficient (Wildman–Crippen LogP) is 1.97. The molecule has 1 aromatic rings. The first-order chi connectivity index (χ1) is 8.71. The Morgan fingerprint density at radius 3 is 3.00 bits per heavy atom. The highest BCUT2D eigenvalue weighted by molar-refractivity contribution is 5.98. The molecular formula is C15H20N2O. The van der Waals surface area contributed by atoms with E-state index >= 15 is 0 Å². The third-order valence-electron chi connectivity index (χ3n) is 4.24. The molecule has 1 N–H and O–H groups in total. The van der Waals surface area contributed by atoms with E-state index in [-0.39, 0.29) is 5.41 Å². The molecule has 0 bridgehead atoms. The van der Waals surface area contributed by atoms with Crippen molar-refractivity contribution in [3.05, 3.63) is 29.8 Å². The number of nitrogens with zero attached hydrogens (tertiary/aromatic N) is 1. The lowest BCUT2D eigenvalue weighted by molar-refractivity contribution is -0.126. The Labute approximate surface area is 108 Å². The lowest BCUT2D eigenvalue weighted by Gasteiger charge is -2.35. The number of carbonyl (C=O) groups excluding carboxylic acids is 1. The van der Waals surface area contributed by atoms with Crippen LogP contribution < -0.4 is 10.2 Å². The summed E-state index contributed by atoms with van der Waals surface area (Å²) < 4.78 is 0. The molecule has 3 rings (SSSR count). The lowest BCUT2D eigenvalue weighted by Crippen LogP contribution is -2.45. The zero-order chi connectivity index (χ0) is 12.6. The monoisotopic (exact) mass is 244 g/mol. The molecule has 1 fully saturated rings. The molecule has 2 heterocycles. The highest BCUT2D eigenvalue weighted by Crippen LogP contribution is 2.33.